The zero-order chi connectivity index (χ0) is 19.9. The van der Waals surface area contributed by atoms with E-state index in [4.69, 9.17) is 8.92 Å². The van der Waals surface area contributed by atoms with E-state index in [0.29, 0.717) is 12.0 Å². The molecule has 0 bridgehead atoms. The molecule has 0 saturated carbocycles. The van der Waals surface area contributed by atoms with Gasteiger partial charge in [0.05, 0.1) is 7.11 Å². The molecule has 4 rings (SSSR count). The molecule has 5 heteroatoms. The molecule has 3 aromatic carbocycles. The summed E-state index contributed by atoms with van der Waals surface area (Å²) in [5.74, 6) is 0.799. The molecule has 1 aliphatic rings. The highest BCUT2D eigenvalue weighted by Crippen LogP contribution is 2.44. The average molecular weight is 394 g/mol. The second-order valence-corrected chi connectivity index (χ2v) is 8.75. The van der Waals surface area contributed by atoms with Crippen LogP contribution >= 0.6 is 0 Å². The van der Waals surface area contributed by atoms with Gasteiger partial charge in [-0.2, -0.15) is 8.42 Å². The lowest BCUT2D eigenvalue weighted by molar-refractivity contribution is 0.234. The third-order valence-corrected chi connectivity index (χ3v) is 6.58. The Morgan fingerprint density at radius 3 is 2.46 bits per heavy atom. The van der Waals surface area contributed by atoms with Crippen LogP contribution in [0.1, 0.15) is 28.4 Å². The van der Waals surface area contributed by atoms with E-state index >= 15 is 0 Å². The summed E-state index contributed by atoms with van der Waals surface area (Å²) in [5.41, 5.74) is 6.19. The number of aryl methyl sites for hydroxylation is 2. The molecule has 0 saturated heterocycles. The van der Waals surface area contributed by atoms with E-state index in [1.165, 1.54) is 12.7 Å². The highest BCUT2D eigenvalue weighted by molar-refractivity contribution is 7.86. The second-order valence-electron chi connectivity index (χ2n) is 7.07. The van der Waals surface area contributed by atoms with E-state index < -0.39 is 10.1 Å². The smallest absolute Gasteiger partial charge is 0.297 e. The molecule has 0 amide bonds. The highest BCUT2D eigenvalue weighted by Gasteiger charge is 2.32. The molecule has 0 spiro atoms. The maximum absolute atomic E-state index is 12.4. The van der Waals surface area contributed by atoms with Crippen molar-refractivity contribution in [1.29, 1.82) is 0 Å². The van der Waals surface area contributed by atoms with Crippen molar-refractivity contribution in [2.75, 3.05) is 7.11 Å². The first-order valence-electron chi connectivity index (χ1n) is 9.16. The number of rotatable bonds is 4. The van der Waals surface area contributed by atoms with E-state index in [1.807, 2.05) is 37.3 Å². The van der Waals surface area contributed by atoms with Crippen molar-refractivity contribution in [3.05, 3.63) is 82.9 Å². The molecule has 4 nitrogen and oxygen atoms in total. The third kappa shape index (κ3) is 3.21. The van der Waals surface area contributed by atoms with Gasteiger partial charge in [-0.3, -0.25) is 4.18 Å². The summed E-state index contributed by atoms with van der Waals surface area (Å²) in [4.78, 5) is 0.163. The zero-order valence-corrected chi connectivity index (χ0v) is 16.9. The Hall–Kier alpha value is -2.63. The topological polar surface area (TPSA) is 52.6 Å². The summed E-state index contributed by atoms with van der Waals surface area (Å²) in [6.07, 6.45) is 0.232. The number of ether oxygens (including phenoxy) is 1. The highest BCUT2D eigenvalue weighted by atomic mass is 32.2. The molecule has 0 N–H and O–H groups in total. The Bertz CT molecular complexity index is 1150. The van der Waals surface area contributed by atoms with Crippen LogP contribution in [-0.2, 0) is 20.7 Å². The Labute approximate surface area is 165 Å². The van der Waals surface area contributed by atoms with Crippen molar-refractivity contribution < 1.29 is 17.3 Å². The summed E-state index contributed by atoms with van der Waals surface area (Å²) < 4.78 is 35.8. The van der Waals surface area contributed by atoms with Gasteiger partial charge in [0.25, 0.3) is 10.1 Å². The summed E-state index contributed by atoms with van der Waals surface area (Å²) >= 11 is 0. The van der Waals surface area contributed by atoms with Gasteiger partial charge in [0.15, 0.2) is 0 Å². The Morgan fingerprint density at radius 1 is 0.964 bits per heavy atom. The maximum Gasteiger partial charge on any atom is 0.297 e. The summed E-state index contributed by atoms with van der Waals surface area (Å²) in [7, 11) is -2.64. The van der Waals surface area contributed by atoms with Crippen molar-refractivity contribution in [1.82, 2.24) is 0 Å². The van der Waals surface area contributed by atoms with Crippen LogP contribution in [0.4, 0.5) is 0 Å². The number of hydrogen-bond donors (Lipinski definition) is 0. The summed E-state index contributed by atoms with van der Waals surface area (Å²) in [5, 5.41) is 0. The van der Waals surface area contributed by atoms with Crippen molar-refractivity contribution >= 4 is 10.1 Å². The predicted octanol–water partition coefficient (Wildman–Crippen LogP) is 4.98. The maximum atomic E-state index is 12.4. The summed E-state index contributed by atoms with van der Waals surface area (Å²) in [6.45, 7) is 4.03. The van der Waals surface area contributed by atoms with E-state index in [2.05, 4.69) is 25.1 Å². The van der Waals surface area contributed by atoms with Crippen LogP contribution in [0.15, 0.2) is 65.6 Å². The van der Waals surface area contributed by atoms with Gasteiger partial charge < -0.3 is 4.74 Å². The molecule has 1 heterocycles. The predicted molar refractivity (Wildman–Crippen MR) is 109 cm³/mol. The van der Waals surface area contributed by atoms with Crippen LogP contribution < -0.4 is 4.74 Å². The molecule has 0 fully saturated rings. The van der Waals surface area contributed by atoms with Gasteiger partial charge in [0.2, 0.25) is 0 Å². The van der Waals surface area contributed by atoms with Crippen LogP contribution in [0.3, 0.4) is 0 Å². The lowest BCUT2D eigenvalue weighted by Crippen LogP contribution is -2.12. The quantitative estimate of drug-likeness (QED) is 0.586. The number of benzene rings is 3. The van der Waals surface area contributed by atoms with E-state index in [9.17, 15) is 8.42 Å². The van der Waals surface area contributed by atoms with Crippen molar-refractivity contribution in [2.24, 2.45) is 0 Å². The zero-order valence-electron chi connectivity index (χ0n) is 16.1. The molecular weight excluding hydrogens is 372 g/mol. The fourth-order valence-electron chi connectivity index (χ4n) is 3.80. The van der Waals surface area contributed by atoms with Gasteiger partial charge in [0.1, 0.15) is 16.7 Å². The average Bonchev–Trinajstić information content (AvgIpc) is 3.12. The normalized spacial score (nSPS) is 15.9. The largest absolute Gasteiger partial charge is 0.485 e. The Kier molecular flexibility index (Phi) is 4.73. The van der Waals surface area contributed by atoms with Crippen LogP contribution in [0, 0.1) is 13.8 Å². The number of hydrogen-bond acceptors (Lipinski definition) is 4. The minimum atomic E-state index is -3.82. The first-order chi connectivity index (χ1) is 13.4. The first-order valence-corrected chi connectivity index (χ1v) is 10.6. The molecule has 0 aromatic heterocycles. The Balaban J connectivity index is 1.80. The van der Waals surface area contributed by atoms with Crippen LogP contribution in [0.5, 0.6) is 5.75 Å². The van der Waals surface area contributed by atoms with Crippen LogP contribution in [0.25, 0.3) is 11.1 Å². The lowest BCUT2D eigenvalue weighted by Gasteiger charge is -2.16. The SMILES string of the molecule is COS(=O)(=O)c1ccc(C)cc1C1Cc2c(cccc2-c2ccccc2C)O1. The van der Waals surface area contributed by atoms with Gasteiger partial charge in [0, 0.05) is 17.5 Å². The molecule has 3 aromatic rings. The van der Waals surface area contributed by atoms with Crippen molar-refractivity contribution in [3.8, 4) is 16.9 Å². The van der Waals surface area contributed by atoms with Gasteiger partial charge in [-0.1, -0.05) is 54.1 Å². The van der Waals surface area contributed by atoms with Gasteiger partial charge in [-0.05, 0) is 42.7 Å². The van der Waals surface area contributed by atoms with Gasteiger partial charge >= 0.3 is 0 Å². The number of fused-ring (bicyclic) bond motifs is 1. The molecular formula is C23H22O4S. The van der Waals surface area contributed by atoms with Crippen LogP contribution in [0.2, 0.25) is 0 Å². The van der Waals surface area contributed by atoms with Crippen molar-refractivity contribution in [3.63, 3.8) is 0 Å². The van der Waals surface area contributed by atoms with Gasteiger partial charge in [-0.25, -0.2) is 0 Å². The minimum Gasteiger partial charge on any atom is -0.485 e. The van der Waals surface area contributed by atoms with Crippen molar-refractivity contribution in [2.45, 2.75) is 31.3 Å². The molecule has 1 unspecified atom stereocenters. The first kappa shape index (κ1) is 18.7. The van der Waals surface area contributed by atoms with E-state index in [0.717, 1.165) is 28.0 Å². The minimum absolute atomic E-state index is 0.163. The molecule has 144 valence electrons. The molecule has 1 aliphatic heterocycles. The van der Waals surface area contributed by atoms with E-state index in [1.54, 1.807) is 12.1 Å². The molecule has 0 radical (unpaired) electrons. The summed E-state index contributed by atoms with van der Waals surface area (Å²) in [6, 6.07) is 19.5. The monoisotopic (exact) mass is 394 g/mol. The lowest BCUT2D eigenvalue weighted by atomic mass is 9.92. The fraction of sp³-hybridized carbons (Fsp3) is 0.217. The van der Waals surface area contributed by atoms with E-state index in [-0.39, 0.29) is 11.0 Å². The second kappa shape index (κ2) is 7.08. The third-order valence-electron chi connectivity index (χ3n) is 5.23. The standard InChI is InChI=1S/C23H22O4S/c1-15-11-12-23(28(24,25)26-3)20(13-15)22-14-19-18(9-6-10-21(19)27-22)17-8-5-4-7-16(17)2/h4-13,22H,14H2,1-3H3. The van der Waals surface area contributed by atoms with Gasteiger partial charge in [-0.15, -0.1) is 0 Å². The molecule has 28 heavy (non-hydrogen) atoms. The fourth-order valence-corrected chi connectivity index (χ4v) is 4.70. The molecule has 0 aliphatic carbocycles. The molecule has 1 atom stereocenters. The van der Waals surface area contributed by atoms with Crippen LogP contribution in [-0.4, -0.2) is 15.5 Å². The Morgan fingerprint density at radius 2 is 1.71 bits per heavy atom.